The molecule has 0 amide bonds. The molecule has 0 radical (unpaired) electrons. The number of sulfonamides is 1. The van der Waals surface area contributed by atoms with E-state index in [1.807, 2.05) is 4.72 Å². The molecule has 3 N–H and O–H groups in total. The SMILES string of the molecule is NCc1cc(S(=O)(=O)NCCC(F)(F)F)ccc1Cl. The second-order valence-electron chi connectivity index (χ2n) is 3.72. The monoisotopic (exact) mass is 316 g/mol. The summed E-state index contributed by atoms with van der Waals surface area (Å²) < 4.78 is 61.1. The third kappa shape index (κ3) is 4.98. The van der Waals surface area contributed by atoms with E-state index in [2.05, 4.69) is 0 Å². The molecule has 4 nitrogen and oxygen atoms in total. The van der Waals surface area contributed by atoms with Gasteiger partial charge in [-0.15, -0.1) is 0 Å². The summed E-state index contributed by atoms with van der Waals surface area (Å²) in [6, 6.07) is 3.78. The lowest BCUT2D eigenvalue weighted by molar-refractivity contribution is -0.132. The van der Waals surface area contributed by atoms with E-state index in [9.17, 15) is 21.6 Å². The molecule has 1 aromatic rings. The number of hydrogen-bond donors (Lipinski definition) is 2. The number of hydrogen-bond acceptors (Lipinski definition) is 3. The van der Waals surface area contributed by atoms with Gasteiger partial charge in [-0.3, -0.25) is 0 Å². The van der Waals surface area contributed by atoms with Crippen molar-refractivity contribution >= 4 is 21.6 Å². The van der Waals surface area contributed by atoms with E-state index < -0.39 is 29.2 Å². The van der Waals surface area contributed by atoms with Crippen LogP contribution in [0, 0.1) is 0 Å². The van der Waals surface area contributed by atoms with Crippen molar-refractivity contribution in [2.45, 2.75) is 24.0 Å². The summed E-state index contributed by atoms with van der Waals surface area (Å²) in [6.07, 6.45) is -5.64. The Morgan fingerprint density at radius 2 is 1.95 bits per heavy atom. The highest BCUT2D eigenvalue weighted by atomic mass is 35.5. The lowest BCUT2D eigenvalue weighted by Crippen LogP contribution is -2.28. The fourth-order valence-corrected chi connectivity index (χ4v) is 2.56. The molecule has 0 aliphatic carbocycles. The predicted molar refractivity (Wildman–Crippen MR) is 65.2 cm³/mol. The van der Waals surface area contributed by atoms with Crippen LogP contribution < -0.4 is 10.5 Å². The van der Waals surface area contributed by atoms with E-state index in [0.717, 1.165) is 0 Å². The van der Waals surface area contributed by atoms with Crippen molar-refractivity contribution < 1.29 is 21.6 Å². The van der Waals surface area contributed by atoms with E-state index in [4.69, 9.17) is 17.3 Å². The Hall–Kier alpha value is -0.830. The zero-order valence-electron chi connectivity index (χ0n) is 9.67. The van der Waals surface area contributed by atoms with E-state index in [1.165, 1.54) is 18.2 Å². The lowest BCUT2D eigenvalue weighted by Gasteiger charge is -2.10. The standard InChI is InChI=1S/C10H12ClF3N2O2S/c11-9-2-1-8(5-7(9)6-15)19(17,18)16-4-3-10(12,13)14/h1-2,5,16H,3-4,6,15H2. The Bertz CT molecular complexity index is 546. The van der Waals surface area contributed by atoms with E-state index in [1.54, 1.807) is 0 Å². The van der Waals surface area contributed by atoms with Gasteiger partial charge in [0.05, 0.1) is 11.3 Å². The van der Waals surface area contributed by atoms with Crippen molar-refractivity contribution in [3.05, 3.63) is 28.8 Å². The minimum atomic E-state index is -4.41. The van der Waals surface area contributed by atoms with Gasteiger partial charge in [0.25, 0.3) is 0 Å². The van der Waals surface area contributed by atoms with Crippen molar-refractivity contribution in [3.63, 3.8) is 0 Å². The molecule has 0 aromatic heterocycles. The number of nitrogens with two attached hydrogens (primary N) is 1. The fraction of sp³-hybridized carbons (Fsp3) is 0.400. The quantitative estimate of drug-likeness (QED) is 0.873. The number of benzene rings is 1. The van der Waals surface area contributed by atoms with Crippen LogP contribution in [0.15, 0.2) is 23.1 Å². The third-order valence-electron chi connectivity index (χ3n) is 2.25. The number of nitrogens with one attached hydrogen (secondary N) is 1. The highest BCUT2D eigenvalue weighted by molar-refractivity contribution is 7.89. The highest BCUT2D eigenvalue weighted by Crippen LogP contribution is 2.21. The molecule has 0 spiro atoms. The second kappa shape index (κ2) is 6.08. The van der Waals surface area contributed by atoms with Gasteiger partial charge >= 0.3 is 6.18 Å². The van der Waals surface area contributed by atoms with Gasteiger partial charge in [0.2, 0.25) is 10.0 Å². The average Bonchev–Trinajstić information content (AvgIpc) is 2.27. The van der Waals surface area contributed by atoms with Crippen molar-refractivity contribution in [1.29, 1.82) is 0 Å². The predicted octanol–water partition coefficient (Wildman–Crippen LogP) is 2.03. The molecule has 1 aromatic carbocycles. The van der Waals surface area contributed by atoms with Crippen LogP contribution in [0.3, 0.4) is 0 Å². The summed E-state index contributed by atoms with van der Waals surface area (Å²) in [5.41, 5.74) is 5.77. The number of alkyl halides is 3. The summed E-state index contributed by atoms with van der Waals surface area (Å²) >= 11 is 5.77. The smallest absolute Gasteiger partial charge is 0.326 e. The van der Waals surface area contributed by atoms with Crippen molar-refractivity contribution in [2.75, 3.05) is 6.54 Å². The molecule has 0 saturated carbocycles. The van der Waals surface area contributed by atoms with Gasteiger partial charge < -0.3 is 5.73 Å². The first-order valence-electron chi connectivity index (χ1n) is 5.20. The van der Waals surface area contributed by atoms with Crippen LogP contribution in [-0.2, 0) is 16.6 Å². The Labute approximate surface area is 113 Å². The zero-order valence-corrected chi connectivity index (χ0v) is 11.2. The largest absolute Gasteiger partial charge is 0.390 e. The van der Waals surface area contributed by atoms with Crippen molar-refractivity contribution in [2.24, 2.45) is 5.73 Å². The van der Waals surface area contributed by atoms with Gasteiger partial charge in [0.1, 0.15) is 0 Å². The van der Waals surface area contributed by atoms with Gasteiger partial charge in [-0.2, -0.15) is 13.2 Å². The fourth-order valence-electron chi connectivity index (χ4n) is 1.29. The van der Waals surface area contributed by atoms with Gasteiger partial charge in [-0.1, -0.05) is 11.6 Å². The first-order chi connectivity index (χ1) is 8.65. The van der Waals surface area contributed by atoms with Gasteiger partial charge in [0, 0.05) is 18.1 Å². The molecule has 0 saturated heterocycles. The molecular weight excluding hydrogens is 305 g/mol. The highest BCUT2D eigenvalue weighted by Gasteiger charge is 2.27. The molecule has 0 aliphatic heterocycles. The summed E-state index contributed by atoms with van der Waals surface area (Å²) in [5, 5.41) is 0.303. The summed E-state index contributed by atoms with van der Waals surface area (Å²) in [4.78, 5) is -0.167. The topological polar surface area (TPSA) is 72.2 Å². The maximum absolute atomic E-state index is 11.9. The third-order valence-corrected chi connectivity index (χ3v) is 4.08. The van der Waals surface area contributed by atoms with Gasteiger partial charge in [0.15, 0.2) is 0 Å². The van der Waals surface area contributed by atoms with Crippen LogP contribution in [0.2, 0.25) is 5.02 Å². The van der Waals surface area contributed by atoms with Gasteiger partial charge in [-0.05, 0) is 23.8 Å². The molecular formula is C10H12ClF3N2O2S. The maximum Gasteiger partial charge on any atom is 0.390 e. The van der Waals surface area contributed by atoms with Crippen molar-refractivity contribution in [1.82, 2.24) is 4.72 Å². The Morgan fingerprint density at radius 3 is 2.47 bits per heavy atom. The first kappa shape index (κ1) is 16.2. The van der Waals surface area contributed by atoms with Crippen LogP contribution in [0.4, 0.5) is 13.2 Å². The Balaban J connectivity index is 2.83. The molecule has 108 valence electrons. The average molecular weight is 317 g/mol. The molecule has 9 heteroatoms. The van der Waals surface area contributed by atoms with E-state index in [0.29, 0.717) is 10.6 Å². The Morgan fingerprint density at radius 1 is 1.32 bits per heavy atom. The summed E-state index contributed by atoms with van der Waals surface area (Å²) in [5.74, 6) is 0. The van der Waals surface area contributed by atoms with Crippen LogP contribution in [-0.4, -0.2) is 21.1 Å². The molecule has 0 fully saturated rings. The molecule has 0 bridgehead atoms. The second-order valence-corrected chi connectivity index (χ2v) is 5.89. The number of rotatable bonds is 5. The van der Waals surface area contributed by atoms with E-state index in [-0.39, 0.29) is 11.4 Å². The van der Waals surface area contributed by atoms with E-state index >= 15 is 0 Å². The lowest BCUT2D eigenvalue weighted by atomic mass is 10.2. The molecule has 0 atom stereocenters. The molecule has 0 unspecified atom stereocenters. The van der Waals surface area contributed by atoms with Crippen LogP contribution >= 0.6 is 11.6 Å². The number of halogens is 4. The zero-order chi connectivity index (χ0) is 14.7. The maximum atomic E-state index is 11.9. The molecule has 1 rings (SSSR count). The minimum absolute atomic E-state index is 0.0325. The van der Waals surface area contributed by atoms with Crippen LogP contribution in [0.5, 0.6) is 0 Å². The van der Waals surface area contributed by atoms with Crippen molar-refractivity contribution in [3.8, 4) is 0 Å². The molecule has 19 heavy (non-hydrogen) atoms. The van der Waals surface area contributed by atoms with Gasteiger partial charge in [-0.25, -0.2) is 13.1 Å². The first-order valence-corrected chi connectivity index (χ1v) is 7.07. The van der Waals surface area contributed by atoms with Crippen LogP contribution in [0.1, 0.15) is 12.0 Å². The molecule has 0 aliphatic rings. The minimum Gasteiger partial charge on any atom is -0.326 e. The molecule has 0 heterocycles. The van der Waals surface area contributed by atoms with Crippen LogP contribution in [0.25, 0.3) is 0 Å². The Kier molecular flexibility index (Phi) is 5.19. The summed E-state index contributed by atoms with van der Waals surface area (Å²) in [7, 11) is -4.00. The normalized spacial score (nSPS) is 12.7. The summed E-state index contributed by atoms with van der Waals surface area (Å²) in [6.45, 7) is -0.683.